The Bertz CT molecular complexity index is 1280. The number of allylic oxidation sites excluding steroid dienone is 1. The van der Waals surface area contributed by atoms with Crippen molar-refractivity contribution < 1.29 is 23.6 Å². The van der Waals surface area contributed by atoms with Crippen molar-refractivity contribution in [2.24, 2.45) is 11.8 Å². The predicted octanol–water partition coefficient (Wildman–Crippen LogP) is 4.84. The Morgan fingerprint density at radius 2 is 1.59 bits per heavy atom. The zero-order valence-electron chi connectivity index (χ0n) is 29.5. The third-order valence-electron chi connectivity index (χ3n) is 9.67. The first-order valence-electron chi connectivity index (χ1n) is 16.8. The van der Waals surface area contributed by atoms with Crippen LogP contribution in [0.5, 0.6) is 0 Å². The molecule has 1 aromatic carbocycles. The van der Waals surface area contributed by atoms with Gasteiger partial charge in [0.2, 0.25) is 17.7 Å². The van der Waals surface area contributed by atoms with E-state index in [4.69, 9.17) is 4.43 Å². The van der Waals surface area contributed by atoms with Crippen LogP contribution in [0.2, 0.25) is 18.1 Å². The molecule has 1 aromatic rings. The highest BCUT2D eigenvalue weighted by atomic mass is 28.4. The molecule has 0 unspecified atom stereocenters. The second-order valence-electron chi connectivity index (χ2n) is 14.9. The van der Waals surface area contributed by atoms with Gasteiger partial charge in [0.25, 0.3) is 5.91 Å². The summed E-state index contributed by atoms with van der Waals surface area (Å²) in [5, 5.41) is 10.3. The summed E-state index contributed by atoms with van der Waals surface area (Å²) in [4.78, 5) is 53.9. The molecule has 1 fully saturated rings. The average molecular weight is 656 g/mol. The molecular weight excluding hydrogens is 599 g/mol. The molecule has 4 N–H and O–H groups in total. The normalized spacial score (nSPS) is 28.8. The molecule has 2 heterocycles. The number of nitrogens with one attached hydrogen (secondary N) is 4. The van der Waals surface area contributed by atoms with Crippen LogP contribution in [0.3, 0.4) is 0 Å². The predicted molar refractivity (Wildman–Crippen MR) is 185 cm³/mol. The Balaban J connectivity index is 1.95. The number of hydrazine groups is 1. The quantitative estimate of drug-likeness (QED) is 0.345. The van der Waals surface area contributed by atoms with Crippen LogP contribution < -0.4 is 21.4 Å². The summed E-state index contributed by atoms with van der Waals surface area (Å²) in [7, 11) is -2.23. The van der Waals surface area contributed by atoms with Crippen molar-refractivity contribution in [1.82, 2.24) is 26.4 Å². The van der Waals surface area contributed by atoms with E-state index < -0.39 is 38.3 Å². The number of hydrogen-bond donors (Lipinski definition) is 4. The van der Waals surface area contributed by atoms with Gasteiger partial charge >= 0.3 is 0 Å². The number of nitrogens with zero attached hydrogens (tertiary/aromatic N) is 1. The van der Waals surface area contributed by atoms with Crippen LogP contribution >= 0.6 is 0 Å². The van der Waals surface area contributed by atoms with E-state index in [-0.39, 0.29) is 40.8 Å². The molecule has 0 radical (unpaired) electrons. The molecule has 0 aromatic heterocycles. The maximum absolute atomic E-state index is 13.7. The van der Waals surface area contributed by atoms with Crippen molar-refractivity contribution in [2.45, 2.75) is 129 Å². The van der Waals surface area contributed by atoms with Crippen LogP contribution in [0.1, 0.15) is 98.2 Å². The SMILES string of the molecule is CC(C)[C@@H]1NC(=O)[C@H](C)[C@H](O[Si](C)(C)C(C)(C)C)CC/C=C/c2cccc(c2)[C@@H](C)NC(=O)[C@@H]2CCCN(N2)C(=O)[C@H](C)NC1=O. The summed E-state index contributed by atoms with van der Waals surface area (Å²) in [6.45, 7) is 20.5. The molecule has 0 spiro atoms. The van der Waals surface area contributed by atoms with Gasteiger partial charge in [-0.1, -0.05) is 71.9 Å². The number of amides is 4. The van der Waals surface area contributed by atoms with E-state index in [1.54, 1.807) is 6.92 Å². The van der Waals surface area contributed by atoms with E-state index in [0.717, 1.165) is 11.1 Å². The van der Waals surface area contributed by atoms with E-state index in [0.29, 0.717) is 32.2 Å². The Hall–Kier alpha value is -3.02. The fraction of sp³-hybridized carbons (Fsp3) is 0.657. The molecule has 0 aliphatic carbocycles. The van der Waals surface area contributed by atoms with Gasteiger partial charge in [0, 0.05) is 6.54 Å². The van der Waals surface area contributed by atoms with Crippen LogP contribution in [-0.2, 0) is 23.6 Å². The van der Waals surface area contributed by atoms with Gasteiger partial charge in [0.05, 0.1) is 18.1 Å². The van der Waals surface area contributed by atoms with E-state index in [2.05, 4.69) is 73.5 Å². The number of fused-ring (bicyclic) bond motifs is 4. The van der Waals surface area contributed by atoms with Gasteiger partial charge in [-0.25, -0.2) is 5.43 Å². The molecule has 2 aliphatic rings. The lowest BCUT2D eigenvalue weighted by Gasteiger charge is -2.41. The highest BCUT2D eigenvalue weighted by Crippen LogP contribution is 2.39. The van der Waals surface area contributed by atoms with Crippen molar-refractivity contribution in [2.75, 3.05) is 6.54 Å². The summed E-state index contributed by atoms with van der Waals surface area (Å²) in [5.41, 5.74) is 5.06. The lowest BCUT2D eigenvalue weighted by atomic mass is 9.96. The van der Waals surface area contributed by atoms with Crippen LogP contribution in [-0.4, -0.2) is 67.7 Å². The molecule has 2 aliphatic heterocycles. The summed E-state index contributed by atoms with van der Waals surface area (Å²) >= 11 is 0. The zero-order chi connectivity index (χ0) is 34.4. The molecule has 4 amide bonds. The molecule has 0 saturated carbocycles. The maximum Gasteiger partial charge on any atom is 0.258 e. The summed E-state index contributed by atoms with van der Waals surface area (Å²) in [6.07, 6.45) is 6.38. The van der Waals surface area contributed by atoms with Crippen molar-refractivity contribution in [3.8, 4) is 0 Å². The van der Waals surface area contributed by atoms with Gasteiger partial charge in [0.1, 0.15) is 18.1 Å². The van der Waals surface area contributed by atoms with E-state index >= 15 is 0 Å². The second kappa shape index (κ2) is 15.7. The first kappa shape index (κ1) is 37.4. The molecule has 256 valence electrons. The van der Waals surface area contributed by atoms with Gasteiger partial charge in [-0.2, -0.15) is 0 Å². The standard InChI is InChI=1S/C35H57N5O5Si/c1-22(2)30-33(43)37-25(5)34(44)40-20-14-18-28(39-40)32(42)36-24(4)27-17-13-16-26(21-27)15-11-12-19-29(23(3)31(41)38-30)45-46(9,10)35(6,7)8/h11,13,15-17,21-25,28-30,39H,12,14,18-20H2,1-10H3,(H,36,42)(H,37,43)(H,38,41)/b15-11+/t23-,24-,25+,28+,29-,30+/m1/s1. The summed E-state index contributed by atoms with van der Waals surface area (Å²) in [6, 6.07) is 5.55. The molecule has 6 atom stereocenters. The minimum absolute atomic E-state index is 0.0430. The second-order valence-corrected chi connectivity index (χ2v) is 19.6. The van der Waals surface area contributed by atoms with Gasteiger partial charge < -0.3 is 20.4 Å². The van der Waals surface area contributed by atoms with Crippen LogP contribution in [0, 0.1) is 11.8 Å². The Morgan fingerprint density at radius 1 is 0.913 bits per heavy atom. The zero-order valence-corrected chi connectivity index (χ0v) is 30.5. The number of benzene rings is 1. The number of hydrogen-bond acceptors (Lipinski definition) is 6. The number of rotatable bonds is 3. The third kappa shape index (κ3) is 9.74. The first-order valence-corrected chi connectivity index (χ1v) is 19.7. The summed E-state index contributed by atoms with van der Waals surface area (Å²) < 4.78 is 6.83. The van der Waals surface area contributed by atoms with E-state index in [9.17, 15) is 19.2 Å². The lowest BCUT2D eigenvalue weighted by Crippen LogP contribution is -2.62. The van der Waals surface area contributed by atoms with E-state index in [1.807, 2.05) is 45.9 Å². The topological polar surface area (TPSA) is 129 Å². The van der Waals surface area contributed by atoms with Crippen molar-refractivity contribution in [1.29, 1.82) is 0 Å². The lowest BCUT2D eigenvalue weighted by molar-refractivity contribution is -0.143. The smallest absolute Gasteiger partial charge is 0.258 e. The molecule has 46 heavy (non-hydrogen) atoms. The van der Waals surface area contributed by atoms with Crippen molar-refractivity contribution in [3.63, 3.8) is 0 Å². The Labute approximate surface area is 277 Å². The van der Waals surface area contributed by atoms with E-state index in [1.165, 1.54) is 5.01 Å². The van der Waals surface area contributed by atoms with Crippen molar-refractivity contribution >= 4 is 38.0 Å². The van der Waals surface area contributed by atoms with Gasteiger partial charge in [-0.15, -0.1) is 0 Å². The Morgan fingerprint density at radius 3 is 2.24 bits per heavy atom. The molecule has 11 heteroatoms. The monoisotopic (exact) mass is 655 g/mol. The van der Waals surface area contributed by atoms with Gasteiger partial charge in [-0.05, 0) is 80.8 Å². The number of carbonyl (C=O) groups is 4. The summed E-state index contributed by atoms with van der Waals surface area (Å²) in [5.74, 6) is -1.93. The molecule has 1 saturated heterocycles. The Kier molecular flexibility index (Phi) is 12.8. The fourth-order valence-corrected chi connectivity index (χ4v) is 6.93. The molecular formula is C35H57N5O5Si. The average Bonchev–Trinajstić information content (AvgIpc) is 2.99. The van der Waals surface area contributed by atoms with Crippen LogP contribution in [0.25, 0.3) is 6.08 Å². The first-order chi connectivity index (χ1) is 21.4. The minimum atomic E-state index is -2.23. The molecule has 4 bridgehead atoms. The largest absolute Gasteiger partial charge is 0.413 e. The molecule has 3 rings (SSSR count). The van der Waals surface area contributed by atoms with Gasteiger partial charge in [0.15, 0.2) is 8.32 Å². The third-order valence-corrected chi connectivity index (χ3v) is 14.2. The fourth-order valence-electron chi connectivity index (χ4n) is 5.50. The highest BCUT2D eigenvalue weighted by molar-refractivity contribution is 6.74. The van der Waals surface area contributed by atoms with Crippen LogP contribution in [0.4, 0.5) is 0 Å². The maximum atomic E-state index is 13.7. The minimum Gasteiger partial charge on any atom is -0.413 e. The van der Waals surface area contributed by atoms with Crippen LogP contribution in [0.15, 0.2) is 30.3 Å². The highest BCUT2D eigenvalue weighted by Gasteiger charge is 2.41. The van der Waals surface area contributed by atoms with Crippen molar-refractivity contribution in [3.05, 3.63) is 41.5 Å². The van der Waals surface area contributed by atoms with Gasteiger partial charge in [-0.3, -0.25) is 24.2 Å². The number of carbonyl (C=O) groups excluding carboxylic acids is 4. The molecule has 10 nitrogen and oxygen atoms in total.